The van der Waals surface area contributed by atoms with Crippen LogP contribution in [0.4, 0.5) is 11.4 Å². The van der Waals surface area contributed by atoms with Crippen molar-refractivity contribution in [3.8, 4) is 0 Å². The number of pyridine rings is 1. The van der Waals surface area contributed by atoms with Gasteiger partial charge in [-0.15, -0.1) is 0 Å². The summed E-state index contributed by atoms with van der Waals surface area (Å²) in [5.74, 6) is -0.512. The molecule has 29 heavy (non-hydrogen) atoms. The average Bonchev–Trinajstić information content (AvgIpc) is 2.72. The fraction of sp³-hybridized carbons (Fsp3) is 0.208. The zero-order valence-corrected chi connectivity index (χ0v) is 16.6. The molecule has 1 aliphatic rings. The number of hydrogen-bond donors (Lipinski definition) is 1. The van der Waals surface area contributed by atoms with Gasteiger partial charge in [-0.1, -0.05) is 30.3 Å². The van der Waals surface area contributed by atoms with Gasteiger partial charge >= 0.3 is 0 Å². The van der Waals surface area contributed by atoms with Gasteiger partial charge in [-0.25, -0.2) is 4.98 Å². The summed E-state index contributed by atoms with van der Waals surface area (Å²) in [5.41, 5.74) is 5.44. The van der Waals surface area contributed by atoms with Crippen LogP contribution in [0.1, 0.15) is 44.1 Å². The molecule has 2 heterocycles. The van der Waals surface area contributed by atoms with E-state index < -0.39 is 0 Å². The molecule has 1 N–H and O–H groups in total. The largest absolute Gasteiger partial charge is 0.321 e. The van der Waals surface area contributed by atoms with Crippen molar-refractivity contribution in [2.24, 2.45) is 0 Å². The molecule has 0 atom stereocenters. The fourth-order valence-electron chi connectivity index (χ4n) is 3.81. The molecule has 1 aromatic heterocycles. The summed E-state index contributed by atoms with van der Waals surface area (Å²) in [6.07, 6.45) is 1.88. The van der Waals surface area contributed by atoms with E-state index in [0.717, 1.165) is 40.9 Å². The van der Waals surface area contributed by atoms with Gasteiger partial charge in [0.2, 0.25) is 0 Å². The minimum Gasteiger partial charge on any atom is -0.321 e. The smallest absolute Gasteiger partial charge is 0.276 e. The predicted octanol–water partition coefficient (Wildman–Crippen LogP) is 4.54. The van der Waals surface area contributed by atoms with Crippen LogP contribution in [-0.4, -0.2) is 23.3 Å². The van der Waals surface area contributed by atoms with Crippen LogP contribution in [0.5, 0.6) is 0 Å². The number of carbonyl (C=O) groups excluding carboxylic acids is 2. The number of benzene rings is 2. The zero-order valence-electron chi connectivity index (χ0n) is 16.6. The maximum Gasteiger partial charge on any atom is 0.276 e. The highest BCUT2D eigenvalue weighted by molar-refractivity contribution is 6.07. The van der Waals surface area contributed by atoms with Crippen LogP contribution in [0.15, 0.2) is 60.7 Å². The van der Waals surface area contributed by atoms with Crippen LogP contribution in [-0.2, 0) is 6.42 Å². The Labute approximate surface area is 170 Å². The van der Waals surface area contributed by atoms with Crippen LogP contribution in [0, 0.1) is 13.8 Å². The third-order valence-electron chi connectivity index (χ3n) is 5.04. The Bertz CT molecular complexity index is 1070. The number of nitrogens with zero attached hydrogens (tertiary/aromatic N) is 2. The molecule has 0 spiro atoms. The van der Waals surface area contributed by atoms with Crippen LogP contribution in [0.2, 0.25) is 0 Å². The van der Waals surface area contributed by atoms with Gasteiger partial charge in [0.15, 0.2) is 0 Å². The molecule has 5 nitrogen and oxygen atoms in total. The molecule has 0 radical (unpaired) electrons. The van der Waals surface area contributed by atoms with Crippen molar-refractivity contribution >= 4 is 23.2 Å². The van der Waals surface area contributed by atoms with E-state index in [-0.39, 0.29) is 23.2 Å². The Kier molecular flexibility index (Phi) is 5.12. The van der Waals surface area contributed by atoms with Gasteiger partial charge in [-0.3, -0.25) is 9.59 Å². The number of aromatic nitrogens is 1. The molecule has 5 heteroatoms. The maximum absolute atomic E-state index is 13.1. The normalized spacial score (nSPS) is 13.0. The van der Waals surface area contributed by atoms with Gasteiger partial charge in [0, 0.05) is 17.9 Å². The van der Waals surface area contributed by atoms with Crippen molar-refractivity contribution in [1.29, 1.82) is 0 Å². The van der Waals surface area contributed by atoms with Crippen molar-refractivity contribution in [3.05, 3.63) is 88.7 Å². The van der Waals surface area contributed by atoms with E-state index in [1.165, 1.54) is 0 Å². The lowest BCUT2D eigenvalue weighted by Gasteiger charge is -2.29. The van der Waals surface area contributed by atoms with Gasteiger partial charge in [-0.2, -0.15) is 0 Å². The van der Waals surface area contributed by atoms with Crippen LogP contribution in [0.3, 0.4) is 0 Å². The molecule has 3 aromatic rings. The molecular weight excluding hydrogens is 362 g/mol. The highest BCUT2D eigenvalue weighted by atomic mass is 16.2. The van der Waals surface area contributed by atoms with Crippen molar-refractivity contribution in [1.82, 2.24) is 4.98 Å². The second kappa shape index (κ2) is 7.87. The molecule has 0 bridgehead atoms. The first kappa shape index (κ1) is 18.9. The number of anilines is 2. The molecule has 4 rings (SSSR count). The lowest BCUT2D eigenvalue weighted by atomic mass is 10.0. The Morgan fingerprint density at radius 1 is 0.931 bits per heavy atom. The average molecular weight is 385 g/mol. The number of aryl methyl sites for hydroxylation is 3. The maximum atomic E-state index is 13.1. The Morgan fingerprint density at radius 2 is 1.66 bits per heavy atom. The topological polar surface area (TPSA) is 62.3 Å². The molecule has 0 saturated carbocycles. The van der Waals surface area contributed by atoms with E-state index in [1.807, 2.05) is 50.2 Å². The van der Waals surface area contributed by atoms with E-state index in [2.05, 4.69) is 16.4 Å². The number of fused-ring (bicyclic) bond motifs is 1. The van der Waals surface area contributed by atoms with Gasteiger partial charge in [-0.05, 0) is 73.7 Å². The first-order chi connectivity index (χ1) is 14.0. The van der Waals surface area contributed by atoms with E-state index in [1.54, 1.807) is 23.1 Å². The molecule has 0 aliphatic carbocycles. The second-order valence-electron chi connectivity index (χ2n) is 7.43. The Hall–Kier alpha value is -3.47. The summed E-state index contributed by atoms with van der Waals surface area (Å²) in [5, 5.41) is 2.87. The van der Waals surface area contributed by atoms with Crippen LogP contribution in [0.25, 0.3) is 0 Å². The lowest BCUT2D eigenvalue weighted by molar-refractivity contribution is 0.0980. The summed E-state index contributed by atoms with van der Waals surface area (Å²) in [4.78, 5) is 31.9. The standard InChI is InChI=1S/C24H23N3O2/c1-16-13-17(2)15-19(14-16)25-23(28)20-9-5-10-21(26-20)24(29)27-12-6-8-18-7-3-4-11-22(18)27/h3-5,7,9-11,13-15H,6,8,12H2,1-2H3,(H,25,28). The first-order valence-corrected chi connectivity index (χ1v) is 9.78. The molecular formula is C24H23N3O2. The van der Waals surface area contributed by atoms with E-state index in [4.69, 9.17) is 0 Å². The highest BCUT2D eigenvalue weighted by Crippen LogP contribution is 2.27. The molecule has 1 aliphatic heterocycles. The second-order valence-corrected chi connectivity index (χ2v) is 7.43. The third kappa shape index (κ3) is 4.04. The SMILES string of the molecule is Cc1cc(C)cc(NC(=O)c2cccc(C(=O)N3CCCc4ccccc43)n2)c1. The van der Waals surface area contributed by atoms with Crippen molar-refractivity contribution in [3.63, 3.8) is 0 Å². The molecule has 2 amide bonds. The summed E-state index contributed by atoms with van der Waals surface area (Å²) < 4.78 is 0. The van der Waals surface area contributed by atoms with Crippen LogP contribution >= 0.6 is 0 Å². The number of para-hydroxylation sites is 1. The van der Waals surface area contributed by atoms with E-state index in [9.17, 15) is 9.59 Å². The summed E-state index contributed by atoms with van der Waals surface area (Å²) >= 11 is 0. The zero-order chi connectivity index (χ0) is 20.4. The lowest BCUT2D eigenvalue weighted by Crippen LogP contribution is -2.36. The van der Waals surface area contributed by atoms with Gasteiger partial charge in [0.05, 0.1) is 0 Å². The first-order valence-electron chi connectivity index (χ1n) is 9.78. The summed E-state index contributed by atoms with van der Waals surface area (Å²) in [7, 11) is 0. The van der Waals surface area contributed by atoms with Crippen molar-refractivity contribution < 1.29 is 9.59 Å². The number of rotatable bonds is 3. The summed E-state index contributed by atoms with van der Waals surface area (Å²) in [6.45, 7) is 4.61. The highest BCUT2D eigenvalue weighted by Gasteiger charge is 2.24. The molecule has 146 valence electrons. The van der Waals surface area contributed by atoms with E-state index in [0.29, 0.717) is 6.54 Å². The van der Waals surface area contributed by atoms with Crippen molar-refractivity contribution in [2.45, 2.75) is 26.7 Å². The summed E-state index contributed by atoms with van der Waals surface area (Å²) in [6, 6.07) is 18.8. The molecule has 0 unspecified atom stereocenters. The van der Waals surface area contributed by atoms with Crippen LogP contribution < -0.4 is 10.2 Å². The molecule has 2 aromatic carbocycles. The number of amides is 2. The quantitative estimate of drug-likeness (QED) is 0.720. The monoisotopic (exact) mass is 385 g/mol. The molecule has 0 fully saturated rings. The Balaban J connectivity index is 1.57. The van der Waals surface area contributed by atoms with E-state index >= 15 is 0 Å². The third-order valence-corrected chi connectivity index (χ3v) is 5.04. The fourth-order valence-corrected chi connectivity index (χ4v) is 3.81. The number of carbonyl (C=O) groups is 2. The van der Waals surface area contributed by atoms with Gasteiger partial charge in [0.25, 0.3) is 11.8 Å². The Morgan fingerprint density at radius 3 is 2.45 bits per heavy atom. The number of hydrogen-bond acceptors (Lipinski definition) is 3. The minimum atomic E-state index is -0.330. The molecule has 0 saturated heterocycles. The minimum absolute atomic E-state index is 0.182. The van der Waals surface area contributed by atoms with Crippen molar-refractivity contribution in [2.75, 3.05) is 16.8 Å². The number of nitrogens with one attached hydrogen (secondary N) is 1. The van der Waals surface area contributed by atoms with Gasteiger partial charge in [0.1, 0.15) is 11.4 Å². The van der Waals surface area contributed by atoms with Gasteiger partial charge < -0.3 is 10.2 Å². The predicted molar refractivity (Wildman–Crippen MR) is 115 cm³/mol.